The Morgan fingerprint density at radius 3 is 2.45 bits per heavy atom. The minimum atomic E-state index is 0.313. The Kier molecular flexibility index (Phi) is 5.20. The first-order chi connectivity index (χ1) is 9.51. The summed E-state index contributed by atoms with van der Waals surface area (Å²) in [5.74, 6) is 0.749. The second-order valence-electron chi connectivity index (χ2n) is 6.61. The van der Waals surface area contributed by atoms with Gasteiger partial charge in [0, 0.05) is 16.6 Å². The molecule has 0 amide bonds. The van der Waals surface area contributed by atoms with Gasteiger partial charge in [0.15, 0.2) is 0 Å². The number of nitrogens with one attached hydrogen (secondary N) is 1. The van der Waals surface area contributed by atoms with E-state index < -0.39 is 0 Å². The van der Waals surface area contributed by atoms with E-state index in [1.165, 1.54) is 25.7 Å². The first-order valence-electron chi connectivity index (χ1n) is 7.73. The molecule has 1 fully saturated rings. The lowest BCUT2D eigenvalue weighted by Crippen LogP contribution is -2.44. The lowest BCUT2D eigenvalue weighted by Gasteiger charge is -2.39. The van der Waals surface area contributed by atoms with Gasteiger partial charge in [-0.25, -0.2) is 0 Å². The SMILES string of the molecule is CC1CCCCC(N/C2=C/C=C\C=C/C=C2S)C1(C)C. The highest BCUT2D eigenvalue weighted by atomic mass is 32.1. The van der Waals surface area contributed by atoms with Gasteiger partial charge < -0.3 is 5.32 Å². The van der Waals surface area contributed by atoms with Gasteiger partial charge in [-0.15, -0.1) is 12.6 Å². The largest absolute Gasteiger partial charge is 0.381 e. The van der Waals surface area contributed by atoms with Crippen LogP contribution in [-0.2, 0) is 0 Å². The number of allylic oxidation sites excluding steroid dienone is 6. The molecule has 2 unspecified atom stereocenters. The summed E-state index contributed by atoms with van der Waals surface area (Å²) in [6, 6.07) is 0.513. The molecule has 110 valence electrons. The summed E-state index contributed by atoms with van der Waals surface area (Å²) in [7, 11) is 0. The summed E-state index contributed by atoms with van der Waals surface area (Å²) in [6.07, 6.45) is 17.6. The van der Waals surface area contributed by atoms with Crippen LogP contribution in [0.15, 0.2) is 47.1 Å². The van der Waals surface area contributed by atoms with Crippen LogP contribution in [0.1, 0.15) is 46.5 Å². The smallest absolute Gasteiger partial charge is 0.0478 e. The maximum absolute atomic E-state index is 4.62. The Balaban J connectivity index is 2.18. The van der Waals surface area contributed by atoms with Crippen LogP contribution in [0.4, 0.5) is 0 Å². The zero-order chi connectivity index (χ0) is 14.6. The van der Waals surface area contributed by atoms with Gasteiger partial charge in [-0.3, -0.25) is 0 Å². The van der Waals surface area contributed by atoms with E-state index in [-0.39, 0.29) is 0 Å². The zero-order valence-corrected chi connectivity index (χ0v) is 13.8. The van der Waals surface area contributed by atoms with Crippen LogP contribution in [0.25, 0.3) is 0 Å². The Morgan fingerprint density at radius 2 is 1.70 bits per heavy atom. The maximum Gasteiger partial charge on any atom is 0.0478 e. The van der Waals surface area contributed by atoms with Crippen LogP contribution in [-0.4, -0.2) is 6.04 Å². The van der Waals surface area contributed by atoms with Crippen LogP contribution in [0, 0.1) is 11.3 Å². The van der Waals surface area contributed by atoms with Crippen molar-refractivity contribution in [2.45, 2.75) is 52.5 Å². The van der Waals surface area contributed by atoms with E-state index in [9.17, 15) is 0 Å². The molecule has 0 spiro atoms. The Hall–Kier alpha value is -0.890. The molecule has 0 bridgehead atoms. The highest BCUT2D eigenvalue weighted by Gasteiger charge is 2.36. The van der Waals surface area contributed by atoms with E-state index in [0.29, 0.717) is 11.5 Å². The molecule has 1 nitrogen and oxygen atoms in total. The van der Waals surface area contributed by atoms with Crippen LogP contribution >= 0.6 is 12.6 Å². The third kappa shape index (κ3) is 3.60. The first-order valence-corrected chi connectivity index (χ1v) is 8.17. The third-order valence-electron chi connectivity index (χ3n) is 5.00. The summed E-state index contributed by atoms with van der Waals surface area (Å²) in [5, 5.41) is 3.77. The Morgan fingerprint density at radius 1 is 1.05 bits per heavy atom. The summed E-state index contributed by atoms with van der Waals surface area (Å²) in [5.41, 5.74) is 1.45. The molecule has 2 heteroatoms. The van der Waals surface area contributed by atoms with Gasteiger partial charge in [0.25, 0.3) is 0 Å². The average Bonchev–Trinajstić information content (AvgIpc) is 2.51. The highest BCUT2D eigenvalue weighted by Crippen LogP contribution is 2.39. The monoisotopic (exact) mass is 289 g/mol. The molecular formula is C18H27NS. The minimum Gasteiger partial charge on any atom is -0.381 e. The van der Waals surface area contributed by atoms with E-state index in [1.54, 1.807) is 0 Å². The molecule has 0 radical (unpaired) electrons. The molecule has 20 heavy (non-hydrogen) atoms. The van der Waals surface area contributed by atoms with Gasteiger partial charge >= 0.3 is 0 Å². The van der Waals surface area contributed by atoms with Crippen LogP contribution in [0.2, 0.25) is 0 Å². The first kappa shape index (κ1) is 15.5. The molecule has 0 aliphatic heterocycles. The van der Waals surface area contributed by atoms with E-state index in [2.05, 4.69) is 63.0 Å². The standard InChI is InChI=1S/C18H27NS/c1-14-10-8-9-13-17(18(14,2)3)19-15-11-6-4-5-7-12-16(15)20/h4-7,11-12,14,17,19-20H,8-10,13H2,1-3H3/b5-4?,6-4-,7-5-,11-6?,12-7?,15-11+,16-12?,16-15?. The van der Waals surface area contributed by atoms with E-state index in [1.807, 2.05) is 12.2 Å². The van der Waals surface area contributed by atoms with E-state index >= 15 is 0 Å². The van der Waals surface area contributed by atoms with E-state index in [0.717, 1.165) is 16.5 Å². The number of hydrogen-bond acceptors (Lipinski definition) is 2. The molecule has 2 rings (SSSR count). The van der Waals surface area contributed by atoms with Crippen molar-refractivity contribution in [2.75, 3.05) is 0 Å². The van der Waals surface area contributed by atoms with Crippen molar-refractivity contribution in [2.24, 2.45) is 11.3 Å². The minimum absolute atomic E-state index is 0.313. The number of hydrogen-bond donors (Lipinski definition) is 2. The molecule has 1 N–H and O–H groups in total. The normalized spacial score (nSPS) is 35.6. The molecule has 1 saturated carbocycles. The second-order valence-corrected chi connectivity index (χ2v) is 7.09. The van der Waals surface area contributed by atoms with Crippen molar-refractivity contribution < 1.29 is 0 Å². The molecule has 0 saturated heterocycles. The summed E-state index contributed by atoms with van der Waals surface area (Å²) in [4.78, 5) is 1.01. The van der Waals surface area contributed by atoms with Gasteiger partial charge in [-0.05, 0) is 29.9 Å². The molecule has 0 aromatic heterocycles. The summed E-state index contributed by atoms with van der Waals surface area (Å²) < 4.78 is 0. The lowest BCUT2D eigenvalue weighted by atomic mass is 9.73. The zero-order valence-electron chi connectivity index (χ0n) is 12.9. The second kappa shape index (κ2) is 6.71. The lowest BCUT2D eigenvalue weighted by molar-refractivity contribution is 0.164. The van der Waals surface area contributed by atoms with Crippen LogP contribution < -0.4 is 5.32 Å². The quantitative estimate of drug-likeness (QED) is 0.538. The van der Waals surface area contributed by atoms with Crippen molar-refractivity contribution in [3.63, 3.8) is 0 Å². The van der Waals surface area contributed by atoms with Gasteiger partial charge in [0.2, 0.25) is 0 Å². The fourth-order valence-electron chi connectivity index (χ4n) is 3.06. The van der Waals surface area contributed by atoms with Gasteiger partial charge in [-0.2, -0.15) is 0 Å². The fourth-order valence-corrected chi connectivity index (χ4v) is 3.28. The number of rotatable bonds is 2. The molecule has 2 aliphatic carbocycles. The van der Waals surface area contributed by atoms with Gasteiger partial charge in [0.05, 0.1) is 0 Å². The molecule has 2 atom stereocenters. The van der Waals surface area contributed by atoms with Crippen molar-refractivity contribution >= 4 is 12.6 Å². The predicted octanol–water partition coefficient (Wildman–Crippen LogP) is 5.00. The summed E-state index contributed by atoms with van der Waals surface area (Å²) in [6.45, 7) is 7.20. The highest BCUT2D eigenvalue weighted by molar-refractivity contribution is 7.84. The maximum atomic E-state index is 4.62. The van der Waals surface area contributed by atoms with Crippen molar-refractivity contribution in [3.05, 3.63) is 47.1 Å². The topological polar surface area (TPSA) is 12.0 Å². The van der Waals surface area contributed by atoms with Crippen LogP contribution in [0.5, 0.6) is 0 Å². The summed E-state index contributed by atoms with van der Waals surface area (Å²) >= 11 is 4.62. The molecule has 0 aromatic carbocycles. The van der Waals surface area contributed by atoms with E-state index in [4.69, 9.17) is 0 Å². The molecule has 2 aliphatic rings. The van der Waals surface area contributed by atoms with Crippen molar-refractivity contribution in [3.8, 4) is 0 Å². The molecular weight excluding hydrogens is 262 g/mol. The Labute approximate surface area is 129 Å². The molecule has 0 aromatic rings. The van der Waals surface area contributed by atoms with Crippen molar-refractivity contribution in [1.82, 2.24) is 5.32 Å². The average molecular weight is 289 g/mol. The fraction of sp³-hybridized carbons (Fsp3) is 0.556. The van der Waals surface area contributed by atoms with Crippen molar-refractivity contribution in [1.29, 1.82) is 0 Å². The van der Waals surface area contributed by atoms with Gasteiger partial charge in [-0.1, -0.05) is 64.3 Å². The Bertz CT molecular complexity index is 454. The van der Waals surface area contributed by atoms with Crippen LogP contribution in [0.3, 0.4) is 0 Å². The third-order valence-corrected chi connectivity index (χ3v) is 5.39. The van der Waals surface area contributed by atoms with Gasteiger partial charge in [0.1, 0.15) is 0 Å². The molecule has 0 heterocycles. The predicted molar refractivity (Wildman–Crippen MR) is 91.8 cm³/mol. The number of thiol groups is 1.